The zero-order valence-corrected chi connectivity index (χ0v) is 11.5. The predicted octanol–water partition coefficient (Wildman–Crippen LogP) is 5.12. The maximum absolute atomic E-state index is 5.93. The van der Waals surface area contributed by atoms with Crippen molar-refractivity contribution in [3.63, 3.8) is 0 Å². The van der Waals surface area contributed by atoms with Crippen LogP contribution in [0.3, 0.4) is 0 Å². The van der Waals surface area contributed by atoms with Gasteiger partial charge in [0.15, 0.2) is 0 Å². The molecule has 0 aliphatic rings. The van der Waals surface area contributed by atoms with Crippen molar-refractivity contribution >= 4 is 60.7 Å². The number of halogens is 2. The summed E-state index contributed by atoms with van der Waals surface area (Å²) in [6, 6.07) is 6.41. The molecule has 0 radical (unpaired) electrons. The molecule has 1 aromatic heterocycles. The number of thiophene rings is 1. The molecule has 14 heavy (non-hydrogen) atoms. The number of rotatable bonds is 2. The lowest BCUT2D eigenvalue weighted by Gasteiger charge is -2.00. The first-order valence-electron chi connectivity index (χ1n) is 4.07. The molecule has 0 bridgehead atoms. The van der Waals surface area contributed by atoms with Crippen LogP contribution in [-0.2, 0) is 5.88 Å². The summed E-state index contributed by atoms with van der Waals surface area (Å²) in [5, 5.41) is 1.29. The van der Waals surface area contributed by atoms with Crippen LogP contribution in [0.25, 0.3) is 10.1 Å². The average Bonchev–Trinajstić information content (AvgIpc) is 2.60. The summed E-state index contributed by atoms with van der Waals surface area (Å²) in [5.74, 6) is 0.562. The predicted molar refractivity (Wildman–Crippen MR) is 70.9 cm³/mol. The molecule has 0 atom stereocenters. The SMILES string of the molecule is CSc1cc2ccc(Br)c(CCl)c2s1. The Labute approximate surface area is 105 Å². The Morgan fingerprint density at radius 2 is 2.29 bits per heavy atom. The minimum atomic E-state index is 0.562. The number of hydrogen-bond donors (Lipinski definition) is 0. The van der Waals surface area contributed by atoms with Gasteiger partial charge in [-0.25, -0.2) is 0 Å². The fraction of sp³-hybridized carbons (Fsp3) is 0.200. The molecule has 0 aliphatic carbocycles. The number of alkyl halides is 1. The van der Waals surface area contributed by atoms with Crippen LogP contribution in [0.15, 0.2) is 26.9 Å². The molecule has 2 aromatic rings. The second-order valence-electron chi connectivity index (χ2n) is 2.85. The highest BCUT2D eigenvalue weighted by Gasteiger charge is 2.08. The van der Waals surface area contributed by atoms with Gasteiger partial charge < -0.3 is 0 Å². The molecular formula is C10H8BrClS2. The first-order chi connectivity index (χ1) is 6.76. The van der Waals surface area contributed by atoms with E-state index in [0.29, 0.717) is 5.88 Å². The van der Waals surface area contributed by atoms with E-state index in [9.17, 15) is 0 Å². The molecule has 0 nitrogen and oxygen atoms in total. The summed E-state index contributed by atoms with van der Waals surface area (Å²) >= 11 is 13.0. The quantitative estimate of drug-likeness (QED) is 0.548. The molecule has 0 amide bonds. The summed E-state index contributed by atoms with van der Waals surface area (Å²) in [7, 11) is 0. The molecule has 0 unspecified atom stereocenters. The Bertz CT molecular complexity index is 464. The molecule has 74 valence electrons. The lowest BCUT2D eigenvalue weighted by molar-refractivity contribution is 1.43. The number of thioether (sulfide) groups is 1. The zero-order chi connectivity index (χ0) is 10.1. The molecule has 0 fully saturated rings. The fourth-order valence-corrected chi connectivity index (χ4v) is 4.22. The molecular weight excluding hydrogens is 300 g/mol. The van der Waals surface area contributed by atoms with Gasteiger partial charge in [-0.05, 0) is 29.3 Å². The van der Waals surface area contributed by atoms with Gasteiger partial charge in [0.2, 0.25) is 0 Å². The second-order valence-corrected chi connectivity index (χ2v) is 6.13. The van der Waals surface area contributed by atoms with Crippen LogP contribution in [0.5, 0.6) is 0 Å². The highest BCUT2D eigenvalue weighted by atomic mass is 79.9. The summed E-state index contributed by atoms with van der Waals surface area (Å²) in [5.41, 5.74) is 1.20. The Hall–Kier alpha value is 0.300. The normalized spacial score (nSPS) is 11.1. The van der Waals surface area contributed by atoms with Crippen LogP contribution in [0.4, 0.5) is 0 Å². The molecule has 0 aliphatic heterocycles. The zero-order valence-electron chi connectivity index (χ0n) is 7.51. The van der Waals surface area contributed by atoms with Crippen molar-refractivity contribution in [2.45, 2.75) is 10.1 Å². The van der Waals surface area contributed by atoms with Gasteiger partial charge >= 0.3 is 0 Å². The Kier molecular flexibility index (Phi) is 3.42. The lowest BCUT2D eigenvalue weighted by atomic mass is 10.2. The minimum absolute atomic E-state index is 0.562. The van der Waals surface area contributed by atoms with Crippen molar-refractivity contribution in [2.24, 2.45) is 0 Å². The first-order valence-corrected chi connectivity index (χ1v) is 7.44. The van der Waals surface area contributed by atoms with Crippen molar-refractivity contribution < 1.29 is 0 Å². The molecule has 1 heterocycles. The minimum Gasteiger partial charge on any atom is -0.128 e. The topological polar surface area (TPSA) is 0 Å². The van der Waals surface area contributed by atoms with Gasteiger partial charge in [-0.1, -0.05) is 22.0 Å². The molecule has 2 rings (SSSR count). The third-order valence-electron chi connectivity index (χ3n) is 2.04. The molecule has 1 aromatic carbocycles. The van der Waals surface area contributed by atoms with E-state index in [2.05, 4.69) is 40.4 Å². The fourth-order valence-electron chi connectivity index (χ4n) is 1.34. The van der Waals surface area contributed by atoms with Crippen molar-refractivity contribution in [1.82, 2.24) is 0 Å². The maximum atomic E-state index is 5.93. The van der Waals surface area contributed by atoms with Crippen LogP contribution in [0.2, 0.25) is 0 Å². The Morgan fingerprint density at radius 1 is 1.50 bits per heavy atom. The van der Waals surface area contributed by atoms with Crippen molar-refractivity contribution in [2.75, 3.05) is 6.26 Å². The standard InChI is InChI=1S/C10H8BrClS2/c1-13-9-4-6-2-3-8(11)7(5-12)10(6)14-9/h2-4H,5H2,1H3. The van der Waals surface area contributed by atoms with Crippen LogP contribution in [0.1, 0.15) is 5.56 Å². The van der Waals surface area contributed by atoms with E-state index in [1.807, 2.05) is 11.3 Å². The third-order valence-corrected chi connectivity index (χ3v) is 5.33. The maximum Gasteiger partial charge on any atom is 0.0608 e. The van der Waals surface area contributed by atoms with Crippen LogP contribution >= 0.6 is 50.6 Å². The third kappa shape index (κ3) is 1.83. The van der Waals surface area contributed by atoms with Gasteiger partial charge in [-0.2, -0.15) is 0 Å². The first kappa shape index (κ1) is 10.8. The largest absolute Gasteiger partial charge is 0.128 e. The smallest absolute Gasteiger partial charge is 0.0608 e. The van der Waals surface area contributed by atoms with Crippen LogP contribution in [-0.4, -0.2) is 6.26 Å². The molecule has 0 saturated heterocycles. The summed E-state index contributed by atoms with van der Waals surface area (Å²) in [6.45, 7) is 0. The number of hydrogen-bond acceptors (Lipinski definition) is 2. The highest BCUT2D eigenvalue weighted by molar-refractivity contribution is 9.10. The van der Waals surface area contributed by atoms with Gasteiger partial charge in [0.1, 0.15) is 0 Å². The molecule has 0 spiro atoms. The molecule has 0 N–H and O–H groups in total. The highest BCUT2D eigenvalue weighted by Crippen LogP contribution is 2.37. The monoisotopic (exact) mass is 306 g/mol. The van der Waals surface area contributed by atoms with Crippen LogP contribution in [0, 0.1) is 0 Å². The van der Waals surface area contributed by atoms with E-state index >= 15 is 0 Å². The van der Waals surface area contributed by atoms with E-state index in [1.54, 1.807) is 11.8 Å². The van der Waals surface area contributed by atoms with Gasteiger partial charge in [0.25, 0.3) is 0 Å². The van der Waals surface area contributed by atoms with E-state index < -0.39 is 0 Å². The molecule has 0 saturated carbocycles. The van der Waals surface area contributed by atoms with Gasteiger partial charge in [0, 0.05) is 15.1 Å². The van der Waals surface area contributed by atoms with Crippen LogP contribution < -0.4 is 0 Å². The van der Waals surface area contributed by atoms with E-state index in [1.165, 1.54) is 19.9 Å². The van der Waals surface area contributed by atoms with E-state index in [4.69, 9.17) is 11.6 Å². The lowest BCUT2D eigenvalue weighted by Crippen LogP contribution is -1.79. The van der Waals surface area contributed by atoms with E-state index in [-0.39, 0.29) is 0 Å². The van der Waals surface area contributed by atoms with Gasteiger partial charge in [0.05, 0.1) is 4.21 Å². The average molecular weight is 308 g/mol. The summed E-state index contributed by atoms with van der Waals surface area (Å²) in [4.78, 5) is 0. The Morgan fingerprint density at radius 3 is 2.93 bits per heavy atom. The summed E-state index contributed by atoms with van der Waals surface area (Å²) in [6.07, 6.45) is 2.10. The van der Waals surface area contributed by atoms with Crippen molar-refractivity contribution in [1.29, 1.82) is 0 Å². The molecule has 4 heteroatoms. The Balaban J connectivity index is 2.73. The van der Waals surface area contributed by atoms with E-state index in [0.717, 1.165) is 4.47 Å². The van der Waals surface area contributed by atoms with Gasteiger partial charge in [-0.15, -0.1) is 34.7 Å². The number of benzene rings is 1. The van der Waals surface area contributed by atoms with Crippen molar-refractivity contribution in [3.8, 4) is 0 Å². The summed E-state index contributed by atoms with van der Waals surface area (Å²) < 4.78 is 3.75. The number of fused-ring (bicyclic) bond motifs is 1. The van der Waals surface area contributed by atoms with Gasteiger partial charge in [-0.3, -0.25) is 0 Å². The van der Waals surface area contributed by atoms with Crippen molar-refractivity contribution in [3.05, 3.63) is 28.2 Å². The second kappa shape index (κ2) is 4.44.